The van der Waals surface area contributed by atoms with Gasteiger partial charge >= 0.3 is 23.9 Å². The molecule has 0 saturated heterocycles. The van der Waals surface area contributed by atoms with Gasteiger partial charge in [-0.15, -0.1) is 0 Å². The van der Waals surface area contributed by atoms with Crippen molar-refractivity contribution in [2.75, 3.05) is 119 Å². The molecule has 0 aromatic carbocycles. The maximum atomic E-state index is 11.3. The van der Waals surface area contributed by atoms with Crippen LogP contribution in [-0.2, 0) is 76.1 Å². The summed E-state index contributed by atoms with van der Waals surface area (Å²) in [6.07, 6.45) is -1.37. The fourth-order valence-corrected chi connectivity index (χ4v) is 2.86. The van der Waals surface area contributed by atoms with Gasteiger partial charge in [0.25, 0.3) is 0 Å². The van der Waals surface area contributed by atoms with E-state index in [4.69, 9.17) is 57.6 Å². The number of esters is 2. The highest BCUT2D eigenvalue weighted by atomic mass is 16.6. The van der Waals surface area contributed by atoms with Crippen molar-refractivity contribution in [1.29, 1.82) is 0 Å². The van der Waals surface area contributed by atoms with Crippen molar-refractivity contribution in [1.82, 2.24) is 0 Å². The zero-order chi connectivity index (χ0) is 34.1. The highest BCUT2D eigenvalue weighted by Gasteiger charge is 2.15. The van der Waals surface area contributed by atoms with Crippen LogP contribution in [0, 0.1) is 0 Å². The van der Waals surface area contributed by atoms with Gasteiger partial charge in [-0.2, -0.15) is 0 Å². The molecule has 0 rings (SSSR count). The van der Waals surface area contributed by atoms with E-state index in [-0.39, 0.29) is 39.3 Å². The Morgan fingerprint density at radius 2 is 0.500 bits per heavy atom. The van der Waals surface area contributed by atoms with Gasteiger partial charge in [0.1, 0.15) is 13.2 Å². The summed E-state index contributed by atoms with van der Waals surface area (Å²) >= 11 is 0. The van der Waals surface area contributed by atoms with Crippen molar-refractivity contribution >= 4 is 35.4 Å². The SMILES string of the molecule is O=C(CCC(=O)C(=O)O)OCCOCCOCCOCCOCCOCCOCCOCCOCCOC(=O)CCC(=O)C(=O)O. The zero-order valence-corrected chi connectivity index (χ0v) is 26.0. The number of carbonyl (C=O) groups excluding carboxylic acids is 4. The molecule has 0 radical (unpaired) electrons. The van der Waals surface area contributed by atoms with Crippen molar-refractivity contribution < 1.29 is 86.3 Å². The summed E-state index contributed by atoms with van der Waals surface area (Å²) in [5.41, 5.74) is 0. The molecule has 0 heterocycles. The Morgan fingerprint density at radius 3 is 0.696 bits per heavy atom. The van der Waals surface area contributed by atoms with Crippen molar-refractivity contribution in [3.63, 3.8) is 0 Å². The lowest BCUT2D eigenvalue weighted by Gasteiger charge is -2.09. The molecular weight excluding hydrogens is 624 g/mol. The number of ether oxygens (including phenoxy) is 10. The summed E-state index contributed by atoms with van der Waals surface area (Å²) < 4.78 is 52.3. The van der Waals surface area contributed by atoms with E-state index in [0.717, 1.165) is 0 Å². The number of aliphatic carboxylic acids is 2. The number of carbonyl (C=O) groups is 6. The molecule has 0 saturated carbocycles. The Kier molecular flexibility index (Phi) is 29.7. The van der Waals surface area contributed by atoms with E-state index in [1.807, 2.05) is 0 Å². The lowest BCUT2D eigenvalue weighted by atomic mass is 10.2. The fourth-order valence-electron chi connectivity index (χ4n) is 2.86. The van der Waals surface area contributed by atoms with Crippen LogP contribution in [0.2, 0.25) is 0 Å². The number of Topliss-reactive ketones (excluding diaryl/α,β-unsaturated/α-hetero) is 2. The molecule has 18 nitrogen and oxygen atoms in total. The second-order valence-corrected chi connectivity index (χ2v) is 8.80. The summed E-state index contributed by atoms with van der Waals surface area (Å²) in [4.78, 5) is 65.2. The molecule has 0 unspecified atom stereocenters. The van der Waals surface area contributed by atoms with Gasteiger partial charge in [0.05, 0.1) is 119 Å². The van der Waals surface area contributed by atoms with Gasteiger partial charge in [-0.25, -0.2) is 9.59 Å². The average molecular weight is 671 g/mol. The fraction of sp³-hybridized carbons (Fsp3) is 0.786. The minimum absolute atomic E-state index is 0.00261. The Balaban J connectivity index is 3.20. The number of rotatable bonds is 35. The highest BCUT2D eigenvalue weighted by molar-refractivity contribution is 6.33. The molecule has 0 amide bonds. The minimum Gasteiger partial charge on any atom is -0.476 e. The van der Waals surface area contributed by atoms with Crippen LogP contribution in [0.3, 0.4) is 0 Å². The summed E-state index contributed by atoms with van der Waals surface area (Å²) in [6, 6.07) is 0. The van der Waals surface area contributed by atoms with Gasteiger partial charge in [0.2, 0.25) is 11.6 Å². The Labute approximate surface area is 266 Å². The third-order valence-corrected chi connectivity index (χ3v) is 5.17. The van der Waals surface area contributed by atoms with E-state index in [1.165, 1.54) is 0 Å². The Hall–Kier alpha value is -3.10. The van der Waals surface area contributed by atoms with E-state index < -0.39 is 48.3 Å². The molecule has 0 aliphatic carbocycles. The first-order valence-corrected chi connectivity index (χ1v) is 14.7. The topological polar surface area (TPSA) is 235 Å². The molecular formula is C28H46O18. The van der Waals surface area contributed by atoms with Gasteiger partial charge in [-0.05, 0) is 0 Å². The van der Waals surface area contributed by atoms with E-state index in [2.05, 4.69) is 0 Å². The summed E-state index contributed by atoms with van der Waals surface area (Å²) in [5, 5.41) is 16.9. The molecule has 18 heteroatoms. The number of hydrogen-bond acceptors (Lipinski definition) is 16. The van der Waals surface area contributed by atoms with Gasteiger partial charge < -0.3 is 57.6 Å². The monoisotopic (exact) mass is 670 g/mol. The van der Waals surface area contributed by atoms with Crippen LogP contribution < -0.4 is 0 Å². The van der Waals surface area contributed by atoms with Crippen molar-refractivity contribution in [2.24, 2.45) is 0 Å². The third-order valence-electron chi connectivity index (χ3n) is 5.17. The molecule has 0 spiro atoms. The molecule has 0 atom stereocenters. The average Bonchev–Trinajstić information content (AvgIpc) is 3.03. The quantitative estimate of drug-likeness (QED) is 0.0471. The van der Waals surface area contributed by atoms with Crippen LogP contribution in [0.5, 0.6) is 0 Å². The molecule has 0 bridgehead atoms. The summed E-state index contributed by atoms with van der Waals surface area (Å²) in [5.74, 6) is -6.55. The van der Waals surface area contributed by atoms with Crippen LogP contribution in [0.25, 0.3) is 0 Å². The van der Waals surface area contributed by atoms with Crippen LogP contribution in [0.1, 0.15) is 25.7 Å². The summed E-state index contributed by atoms with van der Waals surface area (Å²) in [6.45, 7) is 5.56. The maximum absolute atomic E-state index is 11.3. The second kappa shape index (κ2) is 31.9. The standard InChI is InChI=1S/C28H46O18/c29-23(27(33)34)1-3-25(31)45-21-19-43-17-15-41-13-11-39-9-7-37-5-6-38-8-10-40-12-14-42-16-18-44-20-22-46-26(32)4-2-24(30)28(35)36/h1-22H2,(H,33,34)(H,35,36). The van der Waals surface area contributed by atoms with Crippen LogP contribution in [-0.4, -0.2) is 165 Å². The molecule has 0 aromatic rings. The molecule has 0 aliphatic rings. The van der Waals surface area contributed by atoms with Gasteiger partial charge in [0.15, 0.2) is 0 Å². The molecule has 266 valence electrons. The number of carboxylic acids is 2. The lowest BCUT2D eigenvalue weighted by molar-refractivity contribution is -0.151. The third kappa shape index (κ3) is 30.9. The first-order valence-electron chi connectivity index (χ1n) is 14.7. The molecule has 2 N–H and O–H groups in total. The first-order chi connectivity index (χ1) is 22.2. The predicted molar refractivity (Wildman–Crippen MR) is 152 cm³/mol. The van der Waals surface area contributed by atoms with Crippen LogP contribution >= 0.6 is 0 Å². The zero-order valence-electron chi connectivity index (χ0n) is 26.0. The number of hydrogen-bond donors (Lipinski definition) is 2. The van der Waals surface area contributed by atoms with Gasteiger partial charge in [0, 0.05) is 12.8 Å². The largest absolute Gasteiger partial charge is 0.476 e. The Bertz CT molecular complexity index is 780. The van der Waals surface area contributed by atoms with E-state index in [9.17, 15) is 28.8 Å². The van der Waals surface area contributed by atoms with Crippen LogP contribution in [0.4, 0.5) is 0 Å². The van der Waals surface area contributed by atoms with Gasteiger partial charge in [-0.3, -0.25) is 19.2 Å². The van der Waals surface area contributed by atoms with Crippen molar-refractivity contribution in [3.05, 3.63) is 0 Å². The highest BCUT2D eigenvalue weighted by Crippen LogP contribution is 1.96. The van der Waals surface area contributed by atoms with E-state index in [1.54, 1.807) is 0 Å². The van der Waals surface area contributed by atoms with Gasteiger partial charge in [-0.1, -0.05) is 0 Å². The number of ketones is 2. The maximum Gasteiger partial charge on any atom is 0.372 e. The normalized spacial score (nSPS) is 10.9. The molecule has 46 heavy (non-hydrogen) atoms. The Morgan fingerprint density at radius 1 is 0.304 bits per heavy atom. The smallest absolute Gasteiger partial charge is 0.372 e. The van der Waals surface area contributed by atoms with Crippen LogP contribution in [0.15, 0.2) is 0 Å². The molecule has 0 aliphatic heterocycles. The van der Waals surface area contributed by atoms with E-state index in [0.29, 0.717) is 92.5 Å². The second-order valence-electron chi connectivity index (χ2n) is 8.80. The van der Waals surface area contributed by atoms with E-state index >= 15 is 0 Å². The lowest BCUT2D eigenvalue weighted by Crippen LogP contribution is -2.17. The summed E-state index contributed by atoms with van der Waals surface area (Å²) in [7, 11) is 0. The minimum atomic E-state index is -1.57. The molecule has 0 aromatic heterocycles. The molecule has 0 fully saturated rings. The van der Waals surface area contributed by atoms with Crippen molar-refractivity contribution in [3.8, 4) is 0 Å². The first kappa shape index (κ1) is 42.9. The van der Waals surface area contributed by atoms with Crippen molar-refractivity contribution in [2.45, 2.75) is 25.7 Å². The number of carboxylic acid groups (broad SMARTS) is 2. The predicted octanol–water partition coefficient (Wildman–Crippen LogP) is -0.927.